The monoisotopic (exact) mass is 311 g/mol. The van der Waals surface area contributed by atoms with Crippen molar-refractivity contribution >= 4 is 17.6 Å². The zero-order chi connectivity index (χ0) is 15.3. The van der Waals surface area contributed by atoms with Crippen LogP contribution in [0.5, 0.6) is 0 Å². The van der Waals surface area contributed by atoms with Gasteiger partial charge in [-0.05, 0) is 32.6 Å². The van der Waals surface area contributed by atoms with Gasteiger partial charge in [-0.15, -0.1) is 11.6 Å². The summed E-state index contributed by atoms with van der Waals surface area (Å²) < 4.78 is 5.50. The lowest BCUT2D eigenvalue weighted by atomic mass is 9.64. The Kier molecular flexibility index (Phi) is 3.57. The Bertz CT molecular complexity index is 506. The number of nitrogens with one attached hydrogen (secondary N) is 1. The van der Waals surface area contributed by atoms with Gasteiger partial charge in [-0.3, -0.25) is 0 Å². The van der Waals surface area contributed by atoms with Crippen molar-refractivity contribution in [1.82, 2.24) is 5.32 Å². The normalized spacial score (nSPS) is 42.8. The third kappa shape index (κ3) is 1.82. The summed E-state index contributed by atoms with van der Waals surface area (Å²) in [7, 11) is 0. The minimum absolute atomic E-state index is 0.0269. The number of hydrogen-bond donors (Lipinski definition) is 2. The van der Waals surface area contributed by atoms with Gasteiger partial charge in [0.05, 0.1) is 6.10 Å². The average molecular weight is 312 g/mol. The van der Waals surface area contributed by atoms with Gasteiger partial charge in [-0.1, -0.05) is 18.7 Å². The minimum Gasteiger partial charge on any atom is -0.453 e. The van der Waals surface area contributed by atoms with Crippen molar-refractivity contribution in [3.05, 3.63) is 24.4 Å². The molecule has 0 aromatic rings. The van der Waals surface area contributed by atoms with Crippen molar-refractivity contribution in [1.29, 1.82) is 0 Å². The summed E-state index contributed by atoms with van der Waals surface area (Å²) in [6.45, 7) is 5.90. The van der Waals surface area contributed by atoms with Gasteiger partial charge in [0.2, 0.25) is 5.54 Å². The van der Waals surface area contributed by atoms with E-state index in [1.54, 1.807) is 0 Å². The van der Waals surface area contributed by atoms with Crippen molar-refractivity contribution in [2.45, 2.75) is 49.9 Å². The molecule has 0 radical (unpaired) electrons. The third-order valence-electron chi connectivity index (χ3n) is 5.39. The first-order chi connectivity index (χ1) is 9.97. The largest absolute Gasteiger partial charge is 0.453 e. The Morgan fingerprint density at radius 3 is 3.00 bits per heavy atom. The lowest BCUT2D eigenvalue weighted by Gasteiger charge is -2.55. The summed E-state index contributed by atoms with van der Waals surface area (Å²) >= 11 is 5.87. The molecule has 3 rings (SSSR count). The molecule has 5 atom stereocenters. The molecule has 2 fully saturated rings. The van der Waals surface area contributed by atoms with Gasteiger partial charge in [0, 0.05) is 23.4 Å². The van der Waals surface area contributed by atoms with E-state index in [2.05, 4.69) is 18.0 Å². The van der Waals surface area contributed by atoms with Gasteiger partial charge >= 0.3 is 5.97 Å². The molecule has 0 amide bonds. The van der Waals surface area contributed by atoms with Crippen LogP contribution in [0.4, 0.5) is 0 Å². The fourth-order valence-corrected chi connectivity index (χ4v) is 4.39. The number of hydrogen-bond acceptors (Lipinski definition) is 4. The number of alkyl halides is 1. The zero-order valence-corrected chi connectivity index (χ0v) is 13.0. The number of esters is 1. The number of fused-ring (bicyclic) bond motifs is 1. The highest BCUT2D eigenvalue weighted by Crippen LogP contribution is 2.55. The molecular formula is C16H22ClNO3. The van der Waals surface area contributed by atoms with Crippen molar-refractivity contribution in [2.24, 2.45) is 11.8 Å². The van der Waals surface area contributed by atoms with Crippen LogP contribution >= 0.6 is 11.6 Å². The molecule has 0 aromatic carbocycles. The van der Waals surface area contributed by atoms with E-state index in [0.29, 0.717) is 12.3 Å². The van der Waals surface area contributed by atoms with E-state index in [1.807, 2.05) is 13.0 Å². The second kappa shape index (κ2) is 5.03. The lowest BCUT2D eigenvalue weighted by molar-refractivity contribution is -0.238. The Balaban J connectivity index is 1.94. The van der Waals surface area contributed by atoms with Gasteiger partial charge in [-0.25, -0.2) is 4.79 Å². The number of ether oxygens (including phenoxy) is 1. The SMILES string of the molecule is C=C1N[C@@]2(C(O)C3C=CCCC3)C(=O)O[C@@]2(C)[C@H]1CCCl. The molecule has 3 aliphatic rings. The smallest absolute Gasteiger partial charge is 0.339 e. The zero-order valence-electron chi connectivity index (χ0n) is 12.3. The number of halogens is 1. The van der Waals surface area contributed by atoms with Crippen LogP contribution in [0.15, 0.2) is 24.4 Å². The predicted octanol–water partition coefficient (Wildman–Crippen LogP) is 2.12. The quantitative estimate of drug-likeness (QED) is 0.474. The maximum atomic E-state index is 12.3. The molecule has 2 unspecified atom stereocenters. The molecule has 21 heavy (non-hydrogen) atoms. The molecule has 2 N–H and O–H groups in total. The number of allylic oxidation sites excluding steroid dienone is 1. The third-order valence-corrected chi connectivity index (χ3v) is 5.61. The molecular weight excluding hydrogens is 290 g/mol. The summed E-state index contributed by atoms with van der Waals surface area (Å²) in [4.78, 5) is 12.3. The molecule has 0 bridgehead atoms. The van der Waals surface area contributed by atoms with Crippen LogP contribution in [-0.2, 0) is 9.53 Å². The maximum Gasteiger partial charge on any atom is 0.339 e. The summed E-state index contributed by atoms with van der Waals surface area (Å²) in [5.41, 5.74) is -1.10. The summed E-state index contributed by atoms with van der Waals surface area (Å²) in [5.74, 6) is -0.000760. The maximum absolute atomic E-state index is 12.3. The van der Waals surface area contributed by atoms with Crippen LogP contribution in [0.2, 0.25) is 0 Å². The number of carbonyl (C=O) groups excluding carboxylic acids is 1. The van der Waals surface area contributed by atoms with Crippen LogP contribution < -0.4 is 5.32 Å². The van der Waals surface area contributed by atoms with Gasteiger partial charge < -0.3 is 15.2 Å². The van der Waals surface area contributed by atoms with E-state index in [9.17, 15) is 9.90 Å². The first-order valence-corrected chi connectivity index (χ1v) is 8.12. The van der Waals surface area contributed by atoms with Gasteiger partial charge in [-0.2, -0.15) is 0 Å². The van der Waals surface area contributed by atoms with E-state index < -0.39 is 17.2 Å². The first-order valence-electron chi connectivity index (χ1n) is 7.58. The number of aliphatic hydroxyl groups is 1. The molecule has 0 aromatic heterocycles. The topological polar surface area (TPSA) is 58.6 Å². The Labute approximate surface area is 130 Å². The fraction of sp³-hybridized carbons (Fsp3) is 0.688. The highest BCUT2D eigenvalue weighted by Gasteiger charge is 2.77. The second-order valence-electron chi connectivity index (χ2n) is 6.45. The first kappa shape index (κ1) is 14.9. The molecule has 0 spiro atoms. The molecule has 4 nitrogen and oxygen atoms in total. The summed E-state index contributed by atoms with van der Waals surface area (Å²) in [6.07, 6.45) is 6.92. The second-order valence-corrected chi connectivity index (χ2v) is 6.83. The highest BCUT2D eigenvalue weighted by molar-refractivity contribution is 6.17. The number of carbonyl (C=O) groups is 1. The molecule has 1 aliphatic carbocycles. The van der Waals surface area contributed by atoms with Crippen LogP contribution in [-0.4, -0.2) is 34.2 Å². The molecule has 2 heterocycles. The molecule has 0 saturated carbocycles. The van der Waals surface area contributed by atoms with Gasteiger partial charge in [0.15, 0.2) is 5.60 Å². The predicted molar refractivity (Wildman–Crippen MR) is 80.8 cm³/mol. The van der Waals surface area contributed by atoms with Gasteiger partial charge in [0.25, 0.3) is 0 Å². The van der Waals surface area contributed by atoms with E-state index in [-0.39, 0.29) is 17.8 Å². The average Bonchev–Trinajstić information content (AvgIpc) is 2.65. The Morgan fingerprint density at radius 2 is 2.43 bits per heavy atom. The highest BCUT2D eigenvalue weighted by atomic mass is 35.5. The summed E-state index contributed by atoms with van der Waals surface area (Å²) in [5, 5.41) is 14.1. The molecule has 5 heteroatoms. The Morgan fingerprint density at radius 1 is 1.67 bits per heavy atom. The van der Waals surface area contributed by atoms with Crippen LogP contribution in [0.25, 0.3) is 0 Å². The minimum atomic E-state index is -1.08. The molecule has 116 valence electrons. The standard InChI is InChI=1S/C16H22ClNO3/c1-10-12(8-9-17)15(2)16(18-10,14(20)21-15)13(19)11-6-4-3-5-7-11/h4,6,11-13,18-19H,1,3,5,7-9H2,2H3/t11?,12-,13?,15-,16-/m0/s1. The van der Waals surface area contributed by atoms with Crippen molar-refractivity contribution in [2.75, 3.05) is 5.88 Å². The fourth-order valence-electron chi connectivity index (χ4n) is 4.17. The van der Waals surface area contributed by atoms with E-state index in [0.717, 1.165) is 25.0 Å². The number of rotatable bonds is 4. The van der Waals surface area contributed by atoms with Crippen molar-refractivity contribution in [3.63, 3.8) is 0 Å². The molecule has 2 saturated heterocycles. The number of aliphatic hydroxyl groups excluding tert-OH is 1. The Hall–Kier alpha value is -1.00. The van der Waals surface area contributed by atoms with E-state index >= 15 is 0 Å². The van der Waals surface area contributed by atoms with E-state index in [1.165, 1.54) is 0 Å². The van der Waals surface area contributed by atoms with Crippen LogP contribution in [0.3, 0.4) is 0 Å². The summed E-state index contributed by atoms with van der Waals surface area (Å²) in [6, 6.07) is 0. The van der Waals surface area contributed by atoms with Crippen LogP contribution in [0, 0.1) is 11.8 Å². The van der Waals surface area contributed by atoms with Crippen molar-refractivity contribution < 1.29 is 14.6 Å². The van der Waals surface area contributed by atoms with Crippen LogP contribution in [0.1, 0.15) is 32.6 Å². The van der Waals surface area contributed by atoms with Gasteiger partial charge in [0.1, 0.15) is 0 Å². The lowest BCUT2D eigenvalue weighted by Crippen LogP contribution is -2.80. The van der Waals surface area contributed by atoms with Crippen molar-refractivity contribution in [3.8, 4) is 0 Å². The van der Waals surface area contributed by atoms with E-state index in [4.69, 9.17) is 16.3 Å². The molecule has 2 aliphatic heterocycles.